The molecule has 2 bridgehead atoms. The van der Waals surface area contributed by atoms with Crippen molar-refractivity contribution in [2.45, 2.75) is 25.6 Å². The minimum absolute atomic E-state index is 0.0583. The summed E-state index contributed by atoms with van der Waals surface area (Å²) in [4.78, 5) is 38.2. The van der Waals surface area contributed by atoms with Crippen molar-refractivity contribution in [3.8, 4) is 0 Å². The van der Waals surface area contributed by atoms with Crippen molar-refractivity contribution in [3.05, 3.63) is 42.0 Å². The number of esters is 1. The largest absolute Gasteiger partial charge is 0.462 e. The number of carbonyl (C=O) groups is 3. The summed E-state index contributed by atoms with van der Waals surface area (Å²) in [5.41, 5.74) is 0.578. The first kappa shape index (κ1) is 15.1. The fourth-order valence-corrected chi connectivity index (χ4v) is 3.83. The van der Waals surface area contributed by atoms with Crippen LogP contribution in [0.5, 0.6) is 0 Å². The number of hydrogen-bond donors (Lipinski definition) is 0. The van der Waals surface area contributed by atoms with Gasteiger partial charge >= 0.3 is 5.97 Å². The van der Waals surface area contributed by atoms with Crippen LogP contribution < -0.4 is 4.90 Å². The maximum atomic E-state index is 13.0. The third-order valence-corrected chi connectivity index (χ3v) is 4.95. The lowest BCUT2D eigenvalue weighted by Gasteiger charge is -2.28. The Hall–Kier alpha value is -2.47. The van der Waals surface area contributed by atoms with E-state index < -0.39 is 29.5 Å². The predicted octanol–water partition coefficient (Wildman–Crippen LogP) is 1.37. The van der Waals surface area contributed by atoms with Crippen LogP contribution in [0.2, 0.25) is 0 Å². The molecule has 1 aromatic carbocycles. The Balaban J connectivity index is 1.69. The number of imide groups is 1. The van der Waals surface area contributed by atoms with Gasteiger partial charge in [0.25, 0.3) is 0 Å². The number of fused-ring (bicyclic) bond motifs is 5. The minimum Gasteiger partial charge on any atom is -0.462 e. The van der Waals surface area contributed by atoms with Crippen LogP contribution in [0.25, 0.3) is 0 Å². The summed E-state index contributed by atoms with van der Waals surface area (Å²) >= 11 is 0. The molecule has 2 fully saturated rings. The summed E-state index contributed by atoms with van der Waals surface area (Å²) in [6, 6.07) is 7.26. The van der Waals surface area contributed by atoms with E-state index in [9.17, 15) is 14.4 Å². The molecule has 4 rings (SSSR count). The summed E-state index contributed by atoms with van der Waals surface area (Å²) in [7, 11) is 0. The highest BCUT2D eigenvalue weighted by atomic mass is 16.6. The van der Waals surface area contributed by atoms with E-state index in [-0.39, 0.29) is 18.4 Å². The van der Waals surface area contributed by atoms with E-state index in [0.717, 1.165) is 5.56 Å². The number of benzene rings is 1. The van der Waals surface area contributed by atoms with Crippen LogP contribution >= 0.6 is 0 Å². The number of carbonyl (C=O) groups excluding carboxylic acids is 3. The van der Waals surface area contributed by atoms with E-state index in [1.165, 1.54) is 11.8 Å². The fraction of sp³-hybridized carbons (Fsp3) is 0.389. The van der Waals surface area contributed by atoms with Gasteiger partial charge in [0, 0.05) is 6.92 Å². The Morgan fingerprint density at radius 3 is 2.62 bits per heavy atom. The zero-order chi connectivity index (χ0) is 17.1. The first-order valence-corrected chi connectivity index (χ1v) is 7.88. The van der Waals surface area contributed by atoms with E-state index in [2.05, 4.69) is 0 Å². The molecule has 4 atom stereocenters. The van der Waals surface area contributed by atoms with Crippen molar-refractivity contribution in [1.82, 2.24) is 0 Å². The van der Waals surface area contributed by atoms with Crippen LogP contribution in [0.4, 0.5) is 5.69 Å². The maximum absolute atomic E-state index is 13.0. The molecule has 3 heterocycles. The number of amides is 2. The molecule has 3 aliphatic rings. The number of anilines is 1. The van der Waals surface area contributed by atoms with Gasteiger partial charge in [0.1, 0.15) is 12.2 Å². The molecule has 0 unspecified atom stereocenters. The first-order chi connectivity index (χ1) is 11.4. The molecule has 6 nitrogen and oxygen atoms in total. The van der Waals surface area contributed by atoms with E-state index >= 15 is 0 Å². The Morgan fingerprint density at radius 2 is 1.96 bits per heavy atom. The lowest BCUT2D eigenvalue weighted by molar-refractivity contribution is -0.150. The average Bonchev–Trinajstić information content (AvgIpc) is 3.18. The molecular formula is C18H17NO5. The molecule has 0 N–H and O–H groups in total. The summed E-state index contributed by atoms with van der Waals surface area (Å²) in [6.07, 6.45) is 3.09. The fourth-order valence-electron chi connectivity index (χ4n) is 3.83. The number of hydrogen-bond acceptors (Lipinski definition) is 5. The quantitative estimate of drug-likeness (QED) is 0.476. The zero-order valence-corrected chi connectivity index (χ0v) is 13.4. The maximum Gasteiger partial charge on any atom is 0.302 e. The Morgan fingerprint density at radius 1 is 1.25 bits per heavy atom. The normalized spacial score (nSPS) is 33.2. The lowest BCUT2D eigenvalue weighted by Crippen LogP contribution is -2.44. The van der Waals surface area contributed by atoms with Gasteiger partial charge < -0.3 is 9.47 Å². The minimum atomic E-state index is -1.03. The molecule has 0 aliphatic carbocycles. The SMILES string of the molecule is CC(=O)OC[C@@]12C=C[C@@H](O1)[C@@H]1C(=O)N(c3ccc(C)cc3)C(=O)[C@H]12. The molecule has 6 heteroatoms. The number of ether oxygens (including phenoxy) is 2. The number of nitrogens with zero attached hydrogens (tertiary/aromatic N) is 1. The van der Waals surface area contributed by atoms with Crippen LogP contribution in [0.15, 0.2) is 36.4 Å². The zero-order valence-electron chi connectivity index (χ0n) is 13.4. The monoisotopic (exact) mass is 327 g/mol. The van der Waals surface area contributed by atoms with Gasteiger partial charge in [0.05, 0.1) is 23.6 Å². The van der Waals surface area contributed by atoms with Gasteiger partial charge in [-0.05, 0) is 25.1 Å². The van der Waals surface area contributed by atoms with E-state index in [1.54, 1.807) is 24.3 Å². The molecule has 3 aliphatic heterocycles. The average molecular weight is 327 g/mol. The molecular weight excluding hydrogens is 310 g/mol. The molecule has 124 valence electrons. The smallest absolute Gasteiger partial charge is 0.302 e. The lowest BCUT2D eigenvalue weighted by atomic mass is 9.77. The van der Waals surface area contributed by atoms with Crippen LogP contribution in [-0.4, -0.2) is 36.1 Å². The molecule has 0 spiro atoms. The summed E-state index contributed by atoms with van der Waals surface area (Å²) in [6.45, 7) is 3.19. The molecule has 0 aromatic heterocycles. The third kappa shape index (κ3) is 1.96. The Labute approximate surface area is 139 Å². The Kier molecular flexibility index (Phi) is 3.15. The standard InChI is InChI=1S/C18H17NO5/c1-10-3-5-12(6-4-10)19-16(21)14-13-7-8-18(24-13,9-23-11(2)20)15(14)17(19)22/h3-8,13-15H,9H2,1-2H3/t13-,14+,15+,18-/m1/s1. The van der Waals surface area contributed by atoms with Crippen molar-refractivity contribution < 1.29 is 23.9 Å². The summed E-state index contributed by atoms with van der Waals surface area (Å²) in [5.74, 6) is -2.21. The molecule has 2 saturated heterocycles. The van der Waals surface area contributed by atoms with Gasteiger partial charge in [0.15, 0.2) is 0 Å². The Bertz CT molecular complexity index is 768. The van der Waals surface area contributed by atoms with Crippen LogP contribution in [0.3, 0.4) is 0 Å². The van der Waals surface area contributed by atoms with E-state index in [1.807, 2.05) is 19.1 Å². The third-order valence-electron chi connectivity index (χ3n) is 4.95. The van der Waals surface area contributed by atoms with E-state index in [0.29, 0.717) is 5.69 Å². The predicted molar refractivity (Wildman–Crippen MR) is 84.0 cm³/mol. The van der Waals surface area contributed by atoms with Crippen molar-refractivity contribution in [2.75, 3.05) is 11.5 Å². The highest BCUT2D eigenvalue weighted by molar-refractivity contribution is 6.23. The molecule has 0 radical (unpaired) electrons. The van der Waals surface area contributed by atoms with Gasteiger partial charge in [-0.1, -0.05) is 23.8 Å². The van der Waals surface area contributed by atoms with E-state index in [4.69, 9.17) is 9.47 Å². The van der Waals surface area contributed by atoms with Gasteiger partial charge in [-0.3, -0.25) is 14.4 Å². The number of aryl methyl sites for hydroxylation is 1. The van der Waals surface area contributed by atoms with Gasteiger partial charge in [0.2, 0.25) is 11.8 Å². The second kappa shape index (κ2) is 5.01. The molecule has 24 heavy (non-hydrogen) atoms. The van der Waals surface area contributed by atoms with Crippen molar-refractivity contribution in [2.24, 2.45) is 11.8 Å². The van der Waals surface area contributed by atoms with Crippen molar-refractivity contribution >= 4 is 23.5 Å². The van der Waals surface area contributed by atoms with Crippen LogP contribution in [-0.2, 0) is 23.9 Å². The van der Waals surface area contributed by atoms with Gasteiger partial charge in [-0.25, -0.2) is 4.90 Å². The highest BCUT2D eigenvalue weighted by Gasteiger charge is 2.68. The second-order valence-electron chi connectivity index (χ2n) is 6.53. The second-order valence-corrected chi connectivity index (χ2v) is 6.53. The van der Waals surface area contributed by atoms with Crippen LogP contribution in [0.1, 0.15) is 12.5 Å². The highest BCUT2D eigenvalue weighted by Crippen LogP contribution is 2.52. The summed E-state index contributed by atoms with van der Waals surface area (Å²) < 4.78 is 11.0. The molecule has 2 amide bonds. The van der Waals surface area contributed by atoms with Crippen molar-refractivity contribution in [1.29, 1.82) is 0 Å². The van der Waals surface area contributed by atoms with Crippen LogP contribution in [0, 0.1) is 18.8 Å². The number of rotatable bonds is 3. The summed E-state index contributed by atoms with van der Waals surface area (Å²) in [5, 5.41) is 0. The molecule has 0 saturated carbocycles. The van der Waals surface area contributed by atoms with Crippen molar-refractivity contribution in [3.63, 3.8) is 0 Å². The topological polar surface area (TPSA) is 72.9 Å². The first-order valence-electron chi connectivity index (χ1n) is 7.88. The van der Waals surface area contributed by atoms with Gasteiger partial charge in [-0.2, -0.15) is 0 Å². The molecule has 1 aromatic rings. The van der Waals surface area contributed by atoms with Gasteiger partial charge in [-0.15, -0.1) is 0 Å².